The molecule has 2 aromatic rings. The molecule has 3 rings (SSSR count). The van der Waals surface area contributed by atoms with Crippen LogP contribution in [0.25, 0.3) is 0 Å². The number of furan rings is 1. The largest absolute Gasteiger partial charge is 0.468 e. The van der Waals surface area contributed by atoms with Crippen molar-refractivity contribution in [2.24, 2.45) is 5.92 Å². The topological polar surface area (TPSA) is 79.6 Å². The van der Waals surface area contributed by atoms with E-state index in [0.29, 0.717) is 32.5 Å². The zero-order chi connectivity index (χ0) is 20.7. The van der Waals surface area contributed by atoms with Gasteiger partial charge in [0, 0.05) is 31.3 Å². The Morgan fingerprint density at radius 2 is 1.97 bits per heavy atom. The molecule has 0 saturated carbocycles. The Kier molecular flexibility index (Phi) is 7.80. The zero-order valence-electron chi connectivity index (χ0n) is 16.7. The van der Waals surface area contributed by atoms with Crippen molar-refractivity contribution in [2.45, 2.75) is 31.3 Å². The summed E-state index contributed by atoms with van der Waals surface area (Å²) in [5.41, 5.74) is 1.81. The Morgan fingerprint density at radius 1 is 1.21 bits per heavy atom. The minimum Gasteiger partial charge on any atom is -0.468 e. The third-order valence-corrected chi connectivity index (χ3v) is 8.00. The van der Waals surface area contributed by atoms with Gasteiger partial charge >= 0.3 is 0 Å². The van der Waals surface area contributed by atoms with E-state index in [0.717, 1.165) is 28.4 Å². The Bertz CT molecular complexity index is 889. The van der Waals surface area contributed by atoms with E-state index in [1.54, 1.807) is 18.0 Å². The van der Waals surface area contributed by atoms with Gasteiger partial charge in [0.2, 0.25) is 15.9 Å². The maximum atomic E-state index is 12.7. The molecule has 0 aliphatic carbocycles. The summed E-state index contributed by atoms with van der Waals surface area (Å²) in [6.45, 7) is 3.34. The maximum Gasteiger partial charge on any atom is 0.223 e. The molecule has 1 aromatic heterocycles. The molecule has 1 fully saturated rings. The first-order valence-electron chi connectivity index (χ1n) is 9.86. The summed E-state index contributed by atoms with van der Waals surface area (Å²) < 4.78 is 32.3. The summed E-state index contributed by atoms with van der Waals surface area (Å²) in [7, 11) is -3.36. The lowest BCUT2D eigenvalue weighted by atomic mass is 9.97. The lowest BCUT2D eigenvalue weighted by Gasteiger charge is -2.30. The lowest BCUT2D eigenvalue weighted by molar-refractivity contribution is -0.125. The van der Waals surface area contributed by atoms with Gasteiger partial charge in [-0.25, -0.2) is 12.7 Å². The molecule has 158 valence electrons. The number of aryl methyl sites for hydroxylation is 1. The molecule has 0 bridgehead atoms. The summed E-state index contributed by atoms with van der Waals surface area (Å²) in [6.07, 6.45) is 2.79. The van der Waals surface area contributed by atoms with Gasteiger partial charge in [0.05, 0.1) is 17.8 Å². The molecule has 8 heteroatoms. The number of carbonyl (C=O) groups excluding carboxylic acids is 1. The number of rotatable bonds is 9. The summed E-state index contributed by atoms with van der Waals surface area (Å²) in [5.74, 6) is 2.47. The fourth-order valence-corrected chi connectivity index (χ4v) is 5.84. The SMILES string of the molecule is Cc1ccccc1CS(=O)(=O)N1CCC(C(=O)NCCSCc2ccco2)CC1. The van der Waals surface area contributed by atoms with Gasteiger partial charge in [-0.3, -0.25) is 4.79 Å². The molecule has 29 heavy (non-hydrogen) atoms. The van der Waals surface area contributed by atoms with Crippen molar-refractivity contribution in [1.29, 1.82) is 0 Å². The van der Waals surface area contributed by atoms with E-state index < -0.39 is 10.0 Å². The summed E-state index contributed by atoms with van der Waals surface area (Å²) >= 11 is 1.71. The normalized spacial score (nSPS) is 16.0. The lowest BCUT2D eigenvalue weighted by Crippen LogP contribution is -2.43. The first kappa shape index (κ1) is 21.9. The second-order valence-electron chi connectivity index (χ2n) is 7.28. The standard InChI is InChI=1S/C21H28N2O4S2/c1-17-5-2-3-6-19(17)16-29(25,26)23-11-8-18(9-12-23)21(24)22-10-14-28-15-20-7-4-13-27-20/h2-7,13,18H,8-12,14-16H2,1H3,(H,22,24). The molecule has 1 N–H and O–H groups in total. The molecule has 1 aliphatic heterocycles. The van der Waals surface area contributed by atoms with E-state index in [9.17, 15) is 13.2 Å². The number of nitrogens with zero attached hydrogens (tertiary/aromatic N) is 1. The number of thioether (sulfide) groups is 1. The number of piperidine rings is 1. The predicted molar refractivity (Wildman–Crippen MR) is 116 cm³/mol. The highest BCUT2D eigenvalue weighted by Crippen LogP contribution is 2.23. The smallest absolute Gasteiger partial charge is 0.223 e. The van der Waals surface area contributed by atoms with Crippen molar-refractivity contribution in [1.82, 2.24) is 9.62 Å². The van der Waals surface area contributed by atoms with Crippen molar-refractivity contribution < 1.29 is 17.6 Å². The number of sulfonamides is 1. The number of carbonyl (C=O) groups is 1. The molecular weight excluding hydrogens is 408 g/mol. The van der Waals surface area contributed by atoms with Crippen molar-refractivity contribution in [3.8, 4) is 0 Å². The van der Waals surface area contributed by atoms with Crippen molar-refractivity contribution in [2.75, 3.05) is 25.4 Å². The Labute approximate surface area is 177 Å². The van der Waals surface area contributed by atoms with E-state index in [4.69, 9.17) is 4.42 Å². The van der Waals surface area contributed by atoms with Crippen molar-refractivity contribution >= 4 is 27.7 Å². The fourth-order valence-electron chi connectivity index (χ4n) is 3.41. The van der Waals surface area contributed by atoms with Gasteiger partial charge < -0.3 is 9.73 Å². The van der Waals surface area contributed by atoms with Gasteiger partial charge in [-0.1, -0.05) is 24.3 Å². The molecule has 0 spiro atoms. The van der Waals surface area contributed by atoms with Crippen LogP contribution in [-0.2, 0) is 26.3 Å². The maximum absolute atomic E-state index is 12.7. The van der Waals surface area contributed by atoms with Crippen LogP contribution in [0.2, 0.25) is 0 Å². The van der Waals surface area contributed by atoms with Crippen LogP contribution in [0.3, 0.4) is 0 Å². The van der Waals surface area contributed by atoms with Crippen molar-refractivity contribution in [3.05, 3.63) is 59.5 Å². The second-order valence-corrected chi connectivity index (χ2v) is 10.4. The van der Waals surface area contributed by atoms with E-state index >= 15 is 0 Å². The fraction of sp³-hybridized carbons (Fsp3) is 0.476. The van der Waals surface area contributed by atoms with E-state index in [1.807, 2.05) is 43.3 Å². The molecular formula is C21H28N2O4S2. The van der Waals surface area contributed by atoms with Gasteiger partial charge in [0.1, 0.15) is 5.76 Å². The highest BCUT2D eigenvalue weighted by Gasteiger charge is 2.31. The van der Waals surface area contributed by atoms with E-state index in [2.05, 4.69) is 5.32 Å². The number of amides is 1. The van der Waals surface area contributed by atoms with E-state index in [-0.39, 0.29) is 17.6 Å². The van der Waals surface area contributed by atoms with Gasteiger partial charge in [-0.15, -0.1) is 0 Å². The minimum absolute atomic E-state index is 0.0173. The van der Waals surface area contributed by atoms with Gasteiger partial charge in [0.25, 0.3) is 0 Å². The second kappa shape index (κ2) is 10.3. The quantitative estimate of drug-likeness (QED) is 0.611. The molecule has 1 aromatic carbocycles. The first-order valence-corrected chi connectivity index (χ1v) is 12.6. The number of hydrogen-bond donors (Lipinski definition) is 1. The van der Waals surface area contributed by atoms with Crippen LogP contribution in [0.1, 0.15) is 29.7 Å². The third-order valence-electron chi connectivity index (χ3n) is 5.19. The monoisotopic (exact) mass is 436 g/mol. The highest BCUT2D eigenvalue weighted by atomic mass is 32.2. The van der Waals surface area contributed by atoms with Crippen molar-refractivity contribution in [3.63, 3.8) is 0 Å². The molecule has 1 amide bonds. The number of benzene rings is 1. The Hall–Kier alpha value is -1.77. The molecule has 2 heterocycles. The van der Waals surface area contributed by atoms with Crippen LogP contribution in [0, 0.1) is 12.8 Å². The molecule has 0 unspecified atom stereocenters. The zero-order valence-corrected chi connectivity index (χ0v) is 18.3. The average Bonchev–Trinajstić information content (AvgIpc) is 3.23. The molecule has 1 saturated heterocycles. The van der Waals surface area contributed by atoms with Gasteiger partial charge in [-0.05, 0) is 43.0 Å². The number of nitrogens with one attached hydrogen (secondary N) is 1. The molecule has 0 radical (unpaired) electrons. The van der Waals surface area contributed by atoms with Crippen LogP contribution >= 0.6 is 11.8 Å². The van der Waals surface area contributed by atoms with Crippen LogP contribution in [0.4, 0.5) is 0 Å². The van der Waals surface area contributed by atoms with Crippen LogP contribution in [0.15, 0.2) is 47.1 Å². The summed E-state index contributed by atoms with van der Waals surface area (Å²) in [6, 6.07) is 11.4. The Morgan fingerprint density at radius 3 is 2.66 bits per heavy atom. The molecule has 0 atom stereocenters. The predicted octanol–water partition coefficient (Wildman–Crippen LogP) is 3.18. The Balaban J connectivity index is 1.38. The summed E-state index contributed by atoms with van der Waals surface area (Å²) in [4.78, 5) is 12.4. The average molecular weight is 437 g/mol. The molecule has 6 nitrogen and oxygen atoms in total. The summed E-state index contributed by atoms with van der Waals surface area (Å²) in [5, 5.41) is 2.98. The van der Waals surface area contributed by atoms with Gasteiger partial charge in [0.15, 0.2) is 0 Å². The van der Waals surface area contributed by atoms with Gasteiger partial charge in [-0.2, -0.15) is 11.8 Å². The number of hydrogen-bond acceptors (Lipinski definition) is 5. The van der Waals surface area contributed by atoms with Crippen LogP contribution in [-0.4, -0.2) is 44.0 Å². The first-order chi connectivity index (χ1) is 14.0. The highest BCUT2D eigenvalue weighted by molar-refractivity contribution is 7.98. The van der Waals surface area contributed by atoms with Crippen LogP contribution < -0.4 is 5.32 Å². The minimum atomic E-state index is -3.36. The van der Waals surface area contributed by atoms with Crippen LogP contribution in [0.5, 0.6) is 0 Å². The molecule has 1 aliphatic rings. The third kappa shape index (κ3) is 6.35. The van der Waals surface area contributed by atoms with E-state index in [1.165, 1.54) is 4.31 Å².